The van der Waals surface area contributed by atoms with Crippen molar-refractivity contribution in [2.24, 2.45) is 0 Å². The fourth-order valence-corrected chi connectivity index (χ4v) is 4.98. The number of aliphatic hydroxyl groups is 1. The maximum absolute atomic E-state index is 12.4. The zero-order valence-corrected chi connectivity index (χ0v) is 18.3. The molecule has 5 rings (SSSR count). The van der Waals surface area contributed by atoms with Gasteiger partial charge in [0.15, 0.2) is 5.82 Å². The van der Waals surface area contributed by atoms with E-state index in [-0.39, 0.29) is 18.5 Å². The Morgan fingerprint density at radius 2 is 2.09 bits per heavy atom. The quantitative estimate of drug-likeness (QED) is 0.474. The number of aromatic nitrogens is 3. The third-order valence-electron chi connectivity index (χ3n) is 6.91. The lowest BCUT2D eigenvalue weighted by Crippen LogP contribution is -2.63. The van der Waals surface area contributed by atoms with Crippen LogP contribution in [-0.2, 0) is 10.4 Å². The van der Waals surface area contributed by atoms with Gasteiger partial charge in [-0.05, 0) is 50.8 Å². The molecule has 32 heavy (non-hydrogen) atoms. The summed E-state index contributed by atoms with van der Waals surface area (Å²) >= 11 is 0. The Bertz CT molecular complexity index is 1080. The first-order chi connectivity index (χ1) is 15.5. The molecule has 1 aromatic carbocycles. The summed E-state index contributed by atoms with van der Waals surface area (Å²) in [6.07, 6.45) is 6.92. The number of amides is 1. The first kappa shape index (κ1) is 20.9. The van der Waals surface area contributed by atoms with Gasteiger partial charge in [-0.3, -0.25) is 19.8 Å². The highest BCUT2D eigenvalue weighted by Gasteiger charge is 2.40. The molecule has 8 nitrogen and oxygen atoms in total. The molecule has 3 heterocycles. The summed E-state index contributed by atoms with van der Waals surface area (Å²) in [5, 5.41) is 25.5. The van der Waals surface area contributed by atoms with E-state index < -0.39 is 5.60 Å². The van der Waals surface area contributed by atoms with Gasteiger partial charge < -0.3 is 15.7 Å². The maximum atomic E-state index is 12.4. The van der Waals surface area contributed by atoms with Crippen molar-refractivity contribution in [3.05, 3.63) is 53.9 Å². The second-order valence-electron chi connectivity index (χ2n) is 9.20. The topological polar surface area (TPSA) is 106 Å². The molecule has 2 fully saturated rings. The summed E-state index contributed by atoms with van der Waals surface area (Å²) in [4.78, 5) is 19.0. The van der Waals surface area contributed by atoms with Crippen LogP contribution < -0.4 is 10.6 Å². The van der Waals surface area contributed by atoms with E-state index in [0.29, 0.717) is 11.9 Å². The third-order valence-corrected chi connectivity index (χ3v) is 6.91. The molecule has 168 valence electrons. The summed E-state index contributed by atoms with van der Waals surface area (Å²) in [6, 6.07) is 10.6. The smallest absolute Gasteiger partial charge is 0.239 e. The largest absolute Gasteiger partial charge is 0.385 e. The molecule has 1 amide bonds. The third kappa shape index (κ3) is 4.20. The highest BCUT2D eigenvalue weighted by atomic mass is 16.3. The minimum absolute atomic E-state index is 0.0203. The van der Waals surface area contributed by atoms with E-state index >= 15 is 0 Å². The molecule has 0 bridgehead atoms. The van der Waals surface area contributed by atoms with Crippen molar-refractivity contribution in [3.63, 3.8) is 0 Å². The number of hydrogen-bond donors (Lipinski definition) is 4. The predicted octanol–water partition coefficient (Wildman–Crippen LogP) is 2.31. The fraction of sp³-hybridized carbons (Fsp3) is 0.458. The van der Waals surface area contributed by atoms with E-state index in [1.54, 1.807) is 12.4 Å². The molecule has 1 aliphatic heterocycles. The summed E-state index contributed by atoms with van der Waals surface area (Å²) in [6.45, 7) is 3.97. The molecule has 8 heteroatoms. The summed E-state index contributed by atoms with van der Waals surface area (Å²) in [7, 11) is 0. The Kier molecular flexibility index (Phi) is 5.57. The molecular formula is C24H30N6O2. The van der Waals surface area contributed by atoms with Gasteiger partial charge in [-0.25, -0.2) is 0 Å². The van der Waals surface area contributed by atoms with E-state index in [0.717, 1.165) is 60.8 Å². The van der Waals surface area contributed by atoms with Crippen molar-refractivity contribution in [1.82, 2.24) is 25.4 Å². The Hall–Kier alpha value is -2.97. The summed E-state index contributed by atoms with van der Waals surface area (Å²) < 4.78 is 0. The first-order valence-electron chi connectivity index (χ1n) is 11.3. The number of pyridine rings is 1. The SMILES string of the molecule is Cc1ccc2[nH]nc(NCC(=O)NC3CN([C@H]4CC[C@@](O)(c5cccnc5)CC4)C3)c2c1. The van der Waals surface area contributed by atoms with Crippen LogP contribution in [0.3, 0.4) is 0 Å². The molecule has 2 aliphatic rings. The number of carbonyl (C=O) groups is 1. The van der Waals surface area contributed by atoms with Crippen LogP contribution in [0.15, 0.2) is 42.7 Å². The number of nitrogens with one attached hydrogen (secondary N) is 3. The van der Waals surface area contributed by atoms with E-state index in [1.807, 2.05) is 31.2 Å². The van der Waals surface area contributed by atoms with Gasteiger partial charge in [-0.1, -0.05) is 17.7 Å². The molecule has 0 radical (unpaired) electrons. The first-order valence-corrected chi connectivity index (χ1v) is 11.3. The Balaban J connectivity index is 1.06. The normalized spacial score (nSPS) is 24.2. The van der Waals surface area contributed by atoms with Crippen molar-refractivity contribution in [1.29, 1.82) is 0 Å². The minimum atomic E-state index is -0.760. The molecule has 0 spiro atoms. The van der Waals surface area contributed by atoms with Gasteiger partial charge in [0.1, 0.15) is 0 Å². The van der Waals surface area contributed by atoms with Crippen LogP contribution in [-0.4, -0.2) is 62.8 Å². The number of nitrogens with zero attached hydrogens (tertiary/aromatic N) is 3. The molecule has 2 aromatic heterocycles. The van der Waals surface area contributed by atoms with Crippen LogP contribution in [0.5, 0.6) is 0 Å². The molecule has 1 saturated carbocycles. The zero-order chi connectivity index (χ0) is 22.1. The van der Waals surface area contributed by atoms with Gasteiger partial charge in [-0.15, -0.1) is 0 Å². The predicted molar refractivity (Wildman–Crippen MR) is 123 cm³/mol. The molecule has 1 saturated heterocycles. The van der Waals surface area contributed by atoms with Gasteiger partial charge in [0.05, 0.1) is 23.7 Å². The average molecular weight is 435 g/mol. The second kappa shape index (κ2) is 8.52. The second-order valence-corrected chi connectivity index (χ2v) is 9.20. The van der Waals surface area contributed by atoms with E-state index in [4.69, 9.17) is 0 Å². The molecular weight excluding hydrogens is 404 g/mol. The van der Waals surface area contributed by atoms with Crippen molar-refractivity contribution in [2.75, 3.05) is 25.0 Å². The Morgan fingerprint density at radius 1 is 1.28 bits per heavy atom. The summed E-state index contributed by atoms with van der Waals surface area (Å²) in [5.74, 6) is 0.686. The van der Waals surface area contributed by atoms with E-state index in [1.165, 1.54) is 0 Å². The van der Waals surface area contributed by atoms with E-state index in [2.05, 4.69) is 36.8 Å². The van der Waals surface area contributed by atoms with Gasteiger partial charge in [0.2, 0.25) is 5.91 Å². The number of H-pyrrole nitrogens is 1. The number of benzene rings is 1. The van der Waals surface area contributed by atoms with Crippen LogP contribution in [0.25, 0.3) is 10.9 Å². The molecule has 1 aliphatic carbocycles. The Morgan fingerprint density at radius 3 is 2.84 bits per heavy atom. The molecule has 4 N–H and O–H groups in total. The van der Waals surface area contributed by atoms with Crippen molar-refractivity contribution < 1.29 is 9.90 Å². The van der Waals surface area contributed by atoms with E-state index in [9.17, 15) is 9.90 Å². The van der Waals surface area contributed by atoms with Crippen molar-refractivity contribution in [3.8, 4) is 0 Å². The van der Waals surface area contributed by atoms with Gasteiger partial charge in [-0.2, -0.15) is 5.10 Å². The monoisotopic (exact) mass is 434 g/mol. The van der Waals surface area contributed by atoms with Crippen molar-refractivity contribution >= 4 is 22.6 Å². The highest BCUT2D eigenvalue weighted by Crippen LogP contribution is 2.39. The number of aromatic amines is 1. The summed E-state index contributed by atoms with van der Waals surface area (Å²) in [5.41, 5.74) is 2.27. The molecule has 0 unspecified atom stereocenters. The lowest BCUT2D eigenvalue weighted by Gasteiger charge is -2.48. The fourth-order valence-electron chi connectivity index (χ4n) is 4.98. The standard InChI is InChI=1S/C24H30N6O2/c1-16-4-5-21-20(11-16)23(29-28-21)26-13-22(31)27-18-14-30(15-18)19-6-8-24(32,9-7-19)17-3-2-10-25-12-17/h2-5,10-12,18-19,32H,6-9,13-15H2,1H3,(H,27,31)(H2,26,28,29)/t19-,24-. The zero-order valence-electron chi connectivity index (χ0n) is 18.3. The number of aryl methyl sites for hydroxylation is 1. The number of hydrogen-bond acceptors (Lipinski definition) is 6. The van der Waals surface area contributed by atoms with Crippen LogP contribution in [0.4, 0.5) is 5.82 Å². The van der Waals surface area contributed by atoms with Gasteiger partial charge in [0, 0.05) is 42.5 Å². The number of anilines is 1. The van der Waals surface area contributed by atoms with Crippen LogP contribution in [0, 0.1) is 6.92 Å². The molecule has 3 aromatic rings. The number of rotatable bonds is 6. The van der Waals surface area contributed by atoms with Crippen LogP contribution in [0.1, 0.15) is 36.8 Å². The number of likely N-dealkylation sites (tertiary alicyclic amines) is 1. The number of fused-ring (bicyclic) bond motifs is 1. The lowest BCUT2D eigenvalue weighted by molar-refractivity contribution is -0.121. The Labute approximate surface area is 187 Å². The lowest BCUT2D eigenvalue weighted by atomic mass is 9.77. The van der Waals surface area contributed by atoms with Gasteiger partial charge >= 0.3 is 0 Å². The number of carbonyl (C=O) groups excluding carboxylic acids is 1. The van der Waals surface area contributed by atoms with Crippen LogP contribution in [0.2, 0.25) is 0 Å². The van der Waals surface area contributed by atoms with Gasteiger partial charge in [0.25, 0.3) is 0 Å². The average Bonchev–Trinajstić information content (AvgIpc) is 3.18. The minimum Gasteiger partial charge on any atom is -0.385 e. The van der Waals surface area contributed by atoms with Crippen molar-refractivity contribution in [2.45, 2.75) is 50.3 Å². The maximum Gasteiger partial charge on any atom is 0.239 e. The highest BCUT2D eigenvalue weighted by molar-refractivity contribution is 5.92. The molecule has 0 atom stereocenters. The van der Waals surface area contributed by atoms with Crippen LogP contribution >= 0.6 is 0 Å².